The Morgan fingerprint density at radius 3 is 2.71 bits per heavy atom. The van der Waals surface area contributed by atoms with E-state index in [4.69, 9.17) is 11.6 Å². The van der Waals surface area contributed by atoms with Crippen molar-refractivity contribution in [2.75, 3.05) is 11.9 Å². The Morgan fingerprint density at radius 1 is 1.29 bits per heavy atom. The lowest BCUT2D eigenvalue weighted by Gasteiger charge is -2.17. The number of thiazole rings is 1. The highest BCUT2D eigenvalue weighted by molar-refractivity contribution is 7.15. The summed E-state index contributed by atoms with van der Waals surface area (Å²) in [6.07, 6.45) is 2.43. The molecule has 0 saturated carbocycles. The molecule has 0 spiro atoms. The smallest absolute Gasteiger partial charge is 0.245 e. The van der Waals surface area contributed by atoms with Crippen LogP contribution in [0.2, 0.25) is 5.02 Å². The van der Waals surface area contributed by atoms with Crippen LogP contribution in [0.1, 0.15) is 31.2 Å². The minimum atomic E-state index is -0.522. The lowest BCUT2D eigenvalue weighted by molar-refractivity contribution is -0.130. The van der Waals surface area contributed by atoms with Gasteiger partial charge in [-0.3, -0.25) is 9.59 Å². The number of nitrogens with zero attached hydrogens (tertiary/aromatic N) is 1. The van der Waals surface area contributed by atoms with Gasteiger partial charge in [0.25, 0.3) is 0 Å². The minimum Gasteiger partial charge on any atom is -0.347 e. The molecular weight excluding hydrogens is 346 g/mol. The molecule has 0 saturated heterocycles. The zero-order valence-electron chi connectivity index (χ0n) is 13.9. The summed E-state index contributed by atoms with van der Waals surface area (Å²) in [6.45, 7) is 5.31. The summed E-state index contributed by atoms with van der Waals surface area (Å²) < 4.78 is 0. The van der Waals surface area contributed by atoms with Crippen molar-refractivity contribution in [2.45, 2.75) is 27.2 Å². The van der Waals surface area contributed by atoms with Crippen molar-refractivity contribution in [3.8, 4) is 0 Å². The van der Waals surface area contributed by atoms with Crippen LogP contribution < -0.4 is 10.6 Å². The van der Waals surface area contributed by atoms with E-state index >= 15 is 0 Å². The standard InChI is InChI=1S/C17H20ClN3O2S/c1-17(2,3)15(23)19-10-14(22)21-16-20-9-13(24-16)8-11-5-4-6-12(18)7-11/h4-7,9H,8,10H2,1-3H3,(H,19,23)(H,20,21,22). The van der Waals surface area contributed by atoms with E-state index in [1.54, 1.807) is 27.0 Å². The molecule has 2 rings (SSSR count). The zero-order valence-corrected chi connectivity index (χ0v) is 15.4. The lowest BCUT2D eigenvalue weighted by atomic mass is 9.96. The fraction of sp³-hybridized carbons (Fsp3) is 0.353. The molecule has 0 radical (unpaired) electrons. The van der Waals surface area contributed by atoms with Gasteiger partial charge in [-0.1, -0.05) is 44.5 Å². The van der Waals surface area contributed by atoms with Crippen LogP contribution in [0.3, 0.4) is 0 Å². The molecule has 0 aliphatic rings. The van der Waals surface area contributed by atoms with Crippen molar-refractivity contribution in [1.82, 2.24) is 10.3 Å². The number of hydrogen-bond donors (Lipinski definition) is 2. The van der Waals surface area contributed by atoms with Crippen molar-refractivity contribution in [1.29, 1.82) is 0 Å². The van der Waals surface area contributed by atoms with Gasteiger partial charge in [-0.2, -0.15) is 0 Å². The number of halogens is 1. The molecule has 1 aromatic carbocycles. The van der Waals surface area contributed by atoms with Crippen LogP contribution in [0.25, 0.3) is 0 Å². The summed E-state index contributed by atoms with van der Waals surface area (Å²) in [7, 11) is 0. The first-order valence-corrected chi connectivity index (χ1v) is 8.71. The molecule has 0 aliphatic carbocycles. The number of amides is 2. The largest absolute Gasteiger partial charge is 0.347 e. The SMILES string of the molecule is CC(C)(C)C(=O)NCC(=O)Nc1ncc(Cc2cccc(Cl)c2)s1. The Bertz CT molecular complexity index is 737. The molecular formula is C17H20ClN3O2S. The quantitative estimate of drug-likeness (QED) is 0.852. The number of aromatic nitrogens is 1. The van der Waals surface area contributed by atoms with Crippen molar-refractivity contribution >= 4 is 39.9 Å². The van der Waals surface area contributed by atoms with Crippen LogP contribution in [0, 0.1) is 5.41 Å². The molecule has 0 unspecified atom stereocenters. The molecule has 2 amide bonds. The predicted molar refractivity (Wildman–Crippen MR) is 97.5 cm³/mol. The van der Waals surface area contributed by atoms with Gasteiger partial charge >= 0.3 is 0 Å². The van der Waals surface area contributed by atoms with Gasteiger partial charge in [-0.05, 0) is 17.7 Å². The summed E-state index contributed by atoms with van der Waals surface area (Å²) >= 11 is 7.38. The highest BCUT2D eigenvalue weighted by Crippen LogP contribution is 2.22. The Kier molecular flexibility index (Phi) is 5.96. The predicted octanol–water partition coefficient (Wildman–Crippen LogP) is 3.49. The van der Waals surface area contributed by atoms with Gasteiger partial charge in [-0.15, -0.1) is 11.3 Å². The number of anilines is 1. The molecule has 2 aromatic rings. The van der Waals surface area contributed by atoms with Gasteiger partial charge in [0.1, 0.15) is 0 Å². The van der Waals surface area contributed by atoms with Crippen molar-refractivity contribution < 1.29 is 9.59 Å². The van der Waals surface area contributed by atoms with E-state index in [1.807, 2.05) is 24.3 Å². The van der Waals surface area contributed by atoms with Crippen LogP contribution in [0.15, 0.2) is 30.5 Å². The minimum absolute atomic E-state index is 0.0701. The number of carbonyl (C=O) groups excluding carboxylic acids is 2. The lowest BCUT2D eigenvalue weighted by Crippen LogP contribution is -2.39. The average molecular weight is 366 g/mol. The third-order valence-corrected chi connectivity index (χ3v) is 4.31. The molecule has 128 valence electrons. The molecule has 0 aliphatic heterocycles. The third-order valence-electron chi connectivity index (χ3n) is 3.16. The highest BCUT2D eigenvalue weighted by Gasteiger charge is 2.21. The maximum Gasteiger partial charge on any atom is 0.245 e. The molecule has 7 heteroatoms. The van der Waals surface area contributed by atoms with E-state index in [0.717, 1.165) is 10.4 Å². The summed E-state index contributed by atoms with van der Waals surface area (Å²) in [5, 5.41) is 6.51. The van der Waals surface area contributed by atoms with Gasteiger partial charge in [0.05, 0.1) is 6.54 Å². The van der Waals surface area contributed by atoms with Crippen LogP contribution in [0.4, 0.5) is 5.13 Å². The van der Waals surface area contributed by atoms with Gasteiger partial charge in [0.15, 0.2) is 5.13 Å². The molecule has 1 heterocycles. The van der Waals surface area contributed by atoms with Crippen LogP contribution in [-0.2, 0) is 16.0 Å². The second-order valence-corrected chi connectivity index (χ2v) is 7.97. The van der Waals surface area contributed by atoms with Crippen LogP contribution in [-0.4, -0.2) is 23.3 Å². The van der Waals surface area contributed by atoms with Crippen LogP contribution >= 0.6 is 22.9 Å². The van der Waals surface area contributed by atoms with Crippen molar-refractivity contribution in [3.63, 3.8) is 0 Å². The maximum absolute atomic E-state index is 11.9. The third kappa shape index (κ3) is 5.62. The second kappa shape index (κ2) is 7.77. The molecule has 24 heavy (non-hydrogen) atoms. The maximum atomic E-state index is 11.9. The Balaban J connectivity index is 1.87. The number of rotatable bonds is 5. The van der Waals surface area contributed by atoms with Gasteiger partial charge in [0, 0.05) is 27.9 Å². The van der Waals surface area contributed by atoms with E-state index in [9.17, 15) is 9.59 Å². The number of nitrogens with one attached hydrogen (secondary N) is 2. The first-order chi connectivity index (χ1) is 11.2. The molecule has 0 bridgehead atoms. The first kappa shape index (κ1) is 18.4. The van der Waals surface area contributed by atoms with Crippen molar-refractivity contribution in [3.05, 3.63) is 45.9 Å². The van der Waals surface area contributed by atoms with Gasteiger partial charge in [-0.25, -0.2) is 4.98 Å². The Hall–Kier alpha value is -1.92. The molecule has 2 N–H and O–H groups in total. The van der Waals surface area contributed by atoms with Crippen molar-refractivity contribution in [2.24, 2.45) is 5.41 Å². The summed E-state index contributed by atoms with van der Waals surface area (Å²) in [4.78, 5) is 28.8. The number of hydrogen-bond acceptors (Lipinski definition) is 4. The summed E-state index contributed by atoms with van der Waals surface area (Å²) in [5.74, 6) is -0.463. The number of carbonyl (C=O) groups is 2. The fourth-order valence-electron chi connectivity index (χ4n) is 1.88. The Labute approximate surface area is 150 Å². The van der Waals surface area contributed by atoms with E-state index in [0.29, 0.717) is 16.6 Å². The van der Waals surface area contributed by atoms with E-state index in [2.05, 4.69) is 15.6 Å². The highest BCUT2D eigenvalue weighted by atomic mass is 35.5. The van der Waals surface area contributed by atoms with E-state index in [1.165, 1.54) is 11.3 Å². The van der Waals surface area contributed by atoms with E-state index < -0.39 is 5.41 Å². The number of benzene rings is 1. The first-order valence-electron chi connectivity index (χ1n) is 7.51. The average Bonchev–Trinajstić information content (AvgIpc) is 2.90. The normalized spacial score (nSPS) is 11.2. The fourth-order valence-corrected chi connectivity index (χ4v) is 2.96. The van der Waals surface area contributed by atoms with Gasteiger partial charge < -0.3 is 10.6 Å². The zero-order chi connectivity index (χ0) is 17.7. The topological polar surface area (TPSA) is 71.1 Å². The summed E-state index contributed by atoms with van der Waals surface area (Å²) in [5.41, 5.74) is 0.562. The van der Waals surface area contributed by atoms with Gasteiger partial charge in [0.2, 0.25) is 11.8 Å². The summed E-state index contributed by atoms with van der Waals surface area (Å²) in [6, 6.07) is 7.63. The molecule has 0 atom stereocenters. The molecule has 0 fully saturated rings. The van der Waals surface area contributed by atoms with E-state index in [-0.39, 0.29) is 18.4 Å². The van der Waals surface area contributed by atoms with Crippen LogP contribution in [0.5, 0.6) is 0 Å². The monoisotopic (exact) mass is 365 g/mol. The second-order valence-electron chi connectivity index (χ2n) is 6.42. The molecule has 1 aromatic heterocycles. The Morgan fingerprint density at radius 2 is 2.04 bits per heavy atom. The molecule has 5 nitrogen and oxygen atoms in total.